The van der Waals surface area contributed by atoms with Crippen molar-refractivity contribution in [2.75, 3.05) is 67.2 Å². The lowest BCUT2D eigenvalue weighted by molar-refractivity contribution is -0.132. The van der Waals surface area contributed by atoms with Crippen LogP contribution in [0.4, 0.5) is 33.0 Å². The van der Waals surface area contributed by atoms with E-state index in [2.05, 4.69) is 93.9 Å². The minimum Gasteiger partial charge on any atom is -0.377 e. The maximum Gasteiger partial charge on any atom is 0.285 e. The molecule has 0 aliphatic carbocycles. The highest BCUT2D eigenvalue weighted by Crippen LogP contribution is 2.35. The smallest absolute Gasteiger partial charge is 0.285 e. The average molecular weight is 1020 g/mol. The lowest BCUT2D eigenvalue weighted by Gasteiger charge is -2.49. The minimum absolute atomic E-state index is 0.130. The number of amides is 3. The van der Waals surface area contributed by atoms with Gasteiger partial charge in [0.05, 0.1) is 50.5 Å². The normalized spacial score (nSPS) is 24.4. The molecule has 0 spiro atoms. The van der Waals surface area contributed by atoms with Gasteiger partial charge < -0.3 is 35.0 Å². The van der Waals surface area contributed by atoms with Crippen LogP contribution in [-0.2, 0) is 19.1 Å². The summed E-state index contributed by atoms with van der Waals surface area (Å²) in [4.78, 5) is 40.4. The van der Waals surface area contributed by atoms with Crippen molar-refractivity contribution in [1.82, 2.24) is 46.1 Å². The molecular formula is C28H35Br3F4N12O4S3. The number of piperazine rings is 1. The molecule has 0 saturated carbocycles. The number of morpholine rings is 1. The Morgan fingerprint density at radius 1 is 0.685 bits per heavy atom. The number of nitrogens with zero attached hydrogens (tertiary/aromatic N) is 10. The van der Waals surface area contributed by atoms with E-state index in [1.807, 2.05) is 4.90 Å². The number of aromatic nitrogens is 6. The van der Waals surface area contributed by atoms with E-state index in [1.54, 1.807) is 6.92 Å². The fourth-order valence-corrected chi connectivity index (χ4v) is 9.70. The second kappa shape index (κ2) is 18.3. The third-order valence-electron chi connectivity index (χ3n) is 8.60. The number of fused-ring (bicyclic) bond motifs is 2. The van der Waals surface area contributed by atoms with Crippen molar-refractivity contribution in [3.8, 4) is 0 Å². The highest BCUT2D eigenvalue weighted by atomic mass is 79.9. The van der Waals surface area contributed by atoms with Crippen LogP contribution in [0.2, 0.25) is 0 Å². The Morgan fingerprint density at radius 3 is 1.39 bits per heavy atom. The molecule has 3 aromatic heterocycles. The summed E-state index contributed by atoms with van der Waals surface area (Å²) in [5, 5.41) is 29.7. The maximum atomic E-state index is 13.9. The van der Waals surface area contributed by atoms with Gasteiger partial charge in [-0.15, -0.1) is 30.6 Å². The summed E-state index contributed by atoms with van der Waals surface area (Å²) in [6, 6.07) is -1.85. The number of carbonyl (C=O) groups excluding carboxylic acids is 3. The quantitative estimate of drug-likeness (QED) is 0.351. The van der Waals surface area contributed by atoms with E-state index in [4.69, 9.17) is 4.74 Å². The molecule has 0 aromatic carbocycles. The van der Waals surface area contributed by atoms with E-state index in [0.29, 0.717) is 57.5 Å². The van der Waals surface area contributed by atoms with Gasteiger partial charge in [0.1, 0.15) is 0 Å². The van der Waals surface area contributed by atoms with Crippen LogP contribution < -0.4 is 25.3 Å². The molecule has 2 N–H and O–H groups in total. The van der Waals surface area contributed by atoms with E-state index in [1.165, 1.54) is 57.7 Å². The number of rotatable bonds is 5. The van der Waals surface area contributed by atoms with Crippen molar-refractivity contribution in [1.29, 1.82) is 0 Å². The van der Waals surface area contributed by atoms with Gasteiger partial charge in [-0.3, -0.25) is 14.4 Å². The average Bonchev–Trinajstić information content (AvgIpc) is 3.83. The fraction of sp³-hybridized carbons (Fsp3) is 0.679. The van der Waals surface area contributed by atoms with E-state index in [0.717, 1.165) is 9.05 Å². The van der Waals surface area contributed by atoms with Crippen LogP contribution in [0.15, 0.2) is 11.8 Å². The number of alkyl halides is 4. The lowest BCUT2D eigenvalue weighted by Crippen LogP contribution is -2.65. The molecule has 4 aliphatic rings. The maximum absolute atomic E-state index is 13.9. The summed E-state index contributed by atoms with van der Waals surface area (Å²) in [6.07, 6.45) is 0.369. The molecular weight excluding hydrogens is 980 g/mol. The first kappa shape index (κ1) is 42.7. The molecule has 4 fully saturated rings. The van der Waals surface area contributed by atoms with Crippen molar-refractivity contribution in [3.63, 3.8) is 0 Å². The highest BCUT2D eigenvalue weighted by Gasteiger charge is 2.47. The Morgan fingerprint density at radius 2 is 1.07 bits per heavy atom. The monoisotopic (exact) mass is 1010 g/mol. The molecule has 7 heterocycles. The predicted octanol–water partition coefficient (Wildman–Crippen LogP) is 4.04. The fourth-order valence-electron chi connectivity index (χ4n) is 6.24. The van der Waals surface area contributed by atoms with Crippen LogP contribution >= 0.6 is 81.8 Å². The second-order valence-corrected chi connectivity index (χ2v) is 19.3. The minimum atomic E-state index is -2.97. The number of ether oxygens (including phenoxy) is 1. The van der Waals surface area contributed by atoms with Gasteiger partial charge in [0.15, 0.2) is 11.8 Å². The second-order valence-electron chi connectivity index (χ2n) is 12.6. The Labute approximate surface area is 344 Å². The standard InChI is InChI=1S/C10H13BrN4O2S.2C9H11BrF2N4OS/c1-6(16)14-2-7-4-17-5-8(3-14)15(7)10-13-12-9(11)18-10;2*1-5(17)13-6-2-3-16(4-9(6,11)12)8-15-14-7(10)18-8/h7-8H,2-5H2,1H3;2*6H,2-4H2,1H3,(H,13,17)/t;2*6-/m.10/s1. The number of nitrogens with one attached hydrogen (secondary N) is 2. The van der Waals surface area contributed by atoms with Crippen molar-refractivity contribution in [2.24, 2.45) is 0 Å². The summed E-state index contributed by atoms with van der Waals surface area (Å²) in [7, 11) is 0. The highest BCUT2D eigenvalue weighted by molar-refractivity contribution is 9.11. The topological polar surface area (TPSA) is 175 Å². The SMILES string of the molecule is CC(=O)N1CC2COCC(C1)N2c1nnc(Br)s1.CC(=O)N[C@@H]1CCN(c2nnc(Br)s2)CC1(F)F.CC(=O)N[C@H]1CCN(c2nnc(Br)s2)CC1(F)F. The van der Waals surface area contributed by atoms with E-state index in [9.17, 15) is 31.9 Å². The Hall–Kier alpha value is -2.39. The number of anilines is 3. The van der Waals surface area contributed by atoms with Crippen molar-refractivity contribution < 1.29 is 36.7 Å². The van der Waals surface area contributed by atoms with Crippen LogP contribution in [0.1, 0.15) is 33.6 Å². The van der Waals surface area contributed by atoms with Gasteiger partial charge in [-0.1, -0.05) is 34.0 Å². The van der Waals surface area contributed by atoms with Crippen molar-refractivity contribution in [3.05, 3.63) is 11.8 Å². The molecule has 2 bridgehead atoms. The first-order valence-electron chi connectivity index (χ1n) is 16.3. The van der Waals surface area contributed by atoms with Crippen molar-refractivity contribution >= 4 is 115 Å². The molecule has 298 valence electrons. The third-order valence-corrected chi connectivity index (χ3v) is 12.8. The first-order chi connectivity index (χ1) is 25.4. The number of piperidine rings is 2. The number of carbonyl (C=O) groups is 3. The summed E-state index contributed by atoms with van der Waals surface area (Å²) in [5.41, 5.74) is 0. The van der Waals surface area contributed by atoms with Crippen LogP contribution in [0.5, 0.6) is 0 Å². The van der Waals surface area contributed by atoms with Gasteiger partial charge in [-0.05, 0) is 60.6 Å². The largest absolute Gasteiger partial charge is 0.377 e. The summed E-state index contributed by atoms with van der Waals surface area (Å²) in [6.45, 7) is 6.69. The molecule has 2 unspecified atom stereocenters. The molecule has 3 aromatic rings. The Balaban J connectivity index is 0.000000156. The van der Waals surface area contributed by atoms with Gasteiger partial charge in [0.25, 0.3) is 11.8 Å². The molecule has 26 heteroatoms. The third kappa shape index (κ3) is 11.1. The summed E-state index contributed by atoms with van der Waals surface area (Å²) < 4.78 is 62.9. The number of hydrogen-bond acceptors (Lipinski definition) is 16. The van der Waals surface area contributed by atoms with E-state index in [-0.39, 0.29) is 30.8 Å². The Kier molecular flexibility index (Phi) is 14.4. The zero-order chi connectivity index (χ0) is 39.4. The van der Waals surface area contributed by atoms with Gasteiger partial charge >= 0.3 is 0 Å². The van der Waals surface area contributed by atoms with Crippen LogP contribution in [0.25, 0.3) is 0 Å². The summed E-state index contributed by atoms with van der Waals surface area (Å²) in [5.74, 6) is -6.69. The molecule has 0 radical (unpaired) electrons. The van der Waals surface area contributed by atoms with Gasteiger partial charge in [0, 0.05) is 47.0 Å². The molecule has 4 atom stereocenters. The molecule has 54 heavy (non-hydrogen) atoms. The first-order valence-corrected chi connectivity index (χ1v) is 21.1. The zero-order valence-electron chi connectivity index (χ0n) is 28.9. The molecule has 16 nitrogen and oxygen atoms in total. The van der Waals surface area contributed by atoms with Gasteiger partial charge in [-0.25, -0.2) is 17.6 Å². The number of halogens is 7. The van der Waals surface area contributed by atoms with Gasteiger partial charge in [-0.2, -0.15) is 0 Å². The van der Waals surface area contributed by atoms with Crippen LogP contribution in [0, 0.1) is 0 Å². The summed E-state index contributed by atoms with van der Waals surface area (Å²) >= 11 is 13.6. The Bertz CT molecular complexity index is 1680. The molecule has 7 rings (SSSR count). The van der Waals surface area contributed by atoms with Crippen LogP contribution in [0.3, 0.4) is 0 Å². The molecule has 4 aliphatic heterocycles. The lowest BCUT2D eigenvalue weighted by atomic mass is 10.0. The number of hydrogen-bond donors (Lipinski definition) is 2. The molecule has 3 amide bonds. The zero-order valence-corrected chi connectivity index (χ0v) is 36.1. The van der Waals surface area contributed by atoms with Crippen molar-refractivity contribution in [2.45, 2.75) is 69.6 Å². The van der Waals surface area contributed by atoms with E-state index >= 15 is 0 Å². The predicted molar refractivity (Wildman–Crippen MR) is 205 cm³/mol. The van der Waals surface area contributed by atoms with E-state index < -0.39 is 48.8 Å². The molecule has 4 saturated heterocycles. The van der Waals surface area contributed by atoms with Gasteiger partial charge in [0.2, 0.25) is 33.1 Å². The van der Waals surface area contributed by atoms with Crippen LogP contribution in [-0.4, -0.2) is 142 Å².